The molecule has 2 aromatic carbocycles. The van der Waals surface area contributed by atoms with Crippen LogP contribution < -0.4 is 15.4 Å². The van der Waals surface area contributed by atoms with Gasteiger partial charge in [-0.15, -0.1) is 6.42 Å². The normalized spacial score (nSPS) is 9.70. The molecule has 1 heterocycles. The summed E-state index contributed by atoms with van der Waals surface area (Å²) >= 11 is 0. The van der Waals surface area contributed by atoms with Gasteiger partial charge in [0, 0.05) is 17.3 Å². The highest BCUT2D eigenvalue weighted by atomic mass is 16.5. The summed E-state index contributed by atoms with van der Waals surface area (Å²) in [6.07, 6.45) is 6.78. The third kappa shape index (κ3) is 4.61. The van der Waals surface area contributed by atoms with Crippen LogP contribution in [0.4, 0.5) is 17.2 Å². The van der Waals surface area contributed by atoms with Gasteiger partial charge in [-0.05, 0) is 30.3 Å². The van der Waals surface area contributed by atoms with Gasteiger partial charge in [-0.1, -0.05) is 30.2 Å². The number of nitrogens with zero attached hydrogens (tertiary/aromatic N) is 2. The highest BCUT2D eigenvalue weighted by molar-refractivity contribution is 6.12. The SMILES string of the molecule is [C-]#[N+]c1ccc(C(=O)Nc2ccc(OC)cc2C(=O)Nc2ccc(C#C)cn2)cc1. The molecule has 0 atom stereocenters. The number of hydrogen-bond acceptors (Lipinski definition) is 4. The Hall–Kier alpha value is -4.62. The van der Waals surface area contributed by atoms with Crippen LogP contribution >= 0.6 is 0 Å². The monoisotopic (exact) mass is 396 g/mol. The van der Waals surface area contributed by atoms with Crippen molar-refractivity contribution in [2.75, 3.05) is 17.7 Å². The molecule has 1 aromatic heterocycles. The number of pyridine rings is 1. The third-order valence-electron chi connectivity index (χ3n) is 4.15. The fourth-order valence-electron chi connectivity index (χ4n) is 2.57. The molecule has 7 nitrogen and oxygen atoms in total. The van der Waals surface area contributed by atoms with Crippen LogP contribution in [0.15, 0.2) is 60.8 Å². The minimum absolute atomic E-state index is 0.198. The third-order valence-corrected chi connectivity index (χ3v) is 4.15. The summed E-state index contributed by atoms with van der Waals surface area (Å²) in [7, 11) is 1.48. The smallest absolute Gasteiger partial charge is 0.259 e. The zero-order chi connectivity index (χ0) is 21.5. The Morgan fingerprint density at radius 3 is 2.43 bits per heavy atom. The molecule has 2 amide bonds. The number of hydrogen-bond donors (Lipinski definition) is 2. The van der Waals surface area contributed by atoms with Crippen molar-refractivity contribution in [3.8, 4) is 18.1 Å². The Kier molecular flexibility index (Phi) is 6.07. The van der Waals surface area contributed by atoms with E-state index in [4.69, 9.17) is 17.7 Å². The van der Waals surface area contributed by atoms with E-state index in [2.05, 4.69) is 26.4 Å². The van der Waals surface area contributed by atoms with Crippen LogP contribution in [0, 0.1) is 18.9 Å². The largest absolute Gasteiger partial charge is 0.497 e. The predicted octanol–water partition coefficient (Wildman–Crippen LogP) is 4.13. The summed E-state index contributed by atoms with van der Waals surface area (Å²) in [5.74, 6) is 2.33. The molecule has 0 fully saturated rings. The van der Waals surface area contributed by atoms with Gasteiger partial charge in [-0.2, -0.15) is 0 Å². The Morgan fingerprint density at radius 1 is 1.07 bits per heavy atom. The Balaban J connectivity index is 1.85. The average molecular weight is 396 g/mol. The summed E-state index contributed by atoms with van der Waals surface area (Å²) in [6.45, 7) is 6.98. The molecule has 0 unspecified atom stereocenters. The standard InChI is InChI=1S/C23H16N4O3/c1-4-15-5-12-21(25-14-15)27-23(29)19-13-18(30-3)10-11-20(19)26-22(28)16-6-8-17(24-2)9-7-16/h1,5-14H,3H3,(H,26,28)(H,25,27,29). The van der Waals surface area contributed by atoms with Crippen LogP contribution in [0.5, 0.6) is 5.75 Å². The van der Waals surface area contributed by atoms with Crippen LogP contribution in [0.25, 0.3) is 4.85 Å². The number of terminal acetylenes is 1. The molecule has 0 aliphatic heterocycles. The van der Waals surface area contributed by atoms with Crippen LogP contribution in [-0.2, 0) is 0 Å². The van der Waals surface area contributed by atoms with E-state index in [-0.39, 0.29) is 5.56 Å². The maximum atomic E-state index is 12.8. The van der Waals surface area contributed by atoms with E-state index in [0.29, 0.717) is 34.1 Å². The number of benzene rings is 2. The van der Waals surface area contributed by atoms with E-state index in [9.17, 15) is 9.59 Å². The molecule has 0 spiro atoms. The minimum atomic E-state index is -0.478. The lowest BCUT2D eigenvalue weighted by Gasteiger charge is -2.13. The van der Waals surface area contributed by atoms with Crippen LogP contribution in [-0.4, -0.2) is 23.9 Å². The van der Waals surface area contributed by atoms with Crippen molar-refractivity contribution >= 4 is 29.0 Å². The first-order chi connectivity index (χ1) is 14.5. The number of nitrogens with one attached hydrogen (secondary N) is 2. The predicted molar refractivity (Wildman–Crippen MR) is 114 cm³/mol. The summed E-state index contributed by atoms with van der Waals surface area (Å²) < 4.78 is 5.20. The Labute approximate surface area is 173 Å². The molecule has 0 saturated carbocycles. The lowest BCUT2D eigenvalue weighted by molar-refractivity contribution is 0.102. The van der Waals surface area contributed by atoms with Crippen molar-refractivity contribution in [1.82, 2.24) is 4.98 Å². The van der Waals surface area contributed by atoms with Gasteiger partial charge >= 0.3 is 0 Å². The second-order valence-corrected chi connectivity index (χ2v) is 6.05. The molecule has 0 aliphatic carbocycles. The van der Waals surface area contributed by atoms with Crippen molar-refractivity contribution in [1.29, 1.82) is 0 Å². The lowest BCUT2D eigenvalue weighted by atomic mass is 10.1. The first-order valence-corrected chi connectivity index (χ1v) is 8.75. The maximum absolute atomic E-state index is 12.8. The number of anilines is 2. The number of carbonyl (C=O) groups is 2. The van der Waals surface area contributed by atoms with Crippen molar-refractivity contribution in [2.24, 2.45) is 0 Å². The highest BCUT2D eigenvalue weighted by Crippen LogP contribution is 2.24. The molecule has 7 heteroatoms. The van der Waals surface area contributed by atoms with E-state index in [1.807, 2.05) is 0 Å². The highest BCUT2D eigenvalue weighted by Gasteiger charge is 2.16. The summed E-state index contributed by atoms with van der Waals surface area (Å²) in [5.41, 5.74) is 1.87. The quantitative estimate of drug-likeness (QED) is 0.502. The number of carbonyl (C=O) groups excluding carboxylic acids is 2. The molecule has 30 heavy (non-hydrogen) atoms. The van der Waals surface area contributed by atoms with Gasteiger partial charge < -0.3 is 15.4 Å². The second kappa shape index (κ2) is 9.05. The zero-order valence-corrected chi connectivity index (χ0v) is 16.0. The van der Waals surface area contributed by atoms with Gasteiger partial charge in [0.05, 0.1) is 24.9 Å². The average Bonchev–Trinajstić information content (AvgIpc) is 2.79. The topological polar surface area (TPSA) is 84.7 Å². The molecule has 3 aromatic rings. The molecule has 0 saturated heterocycles. The fraction of sp³-hybridized carbons (Fsp3) is 0.0435. The first-order valence-electron chi connectivity index (χ1n) is 8.75. The maximum Gasteiger partial charge on any atom is 0.259 e. The lowest BCUT2D eigenvalue weighted by Crippen LogP contribution is -2.18. The van der Waals surface area contributed by atoms with Crippen molar-refractivity contribution in [3.05, 3.63) is 88.9 Å². The summed E-state index contributed by atoms with van der Waals surface area (Å²) in [4.78, 5) is 32.8. The van der Waals surface area contributed by atoms with Gasteiger partial charge in [0.1, 0.15) is 11.6 Å². The number of methoxy groups -OCH3 is 1. The van der Waals surface area contributed by atoms with Crippen molar-refractivity contribution in [3.63, 3.8) is 0 Å². The number of ether oxygens (including phenoxy) is 1. The summed E-state index contributed by atoms with van der Waals surface area (Å²) in [6, 6.07) is 14.2. The van der Waals surface area contributed by atoms with Gasteiger partial charge in [-0.25, -0.2) is 9.83 Å². The molecule has 0 radical (unpaired) electrons. The van der Waals surface area contributed by atoms with Gasteiger partial charge in [0.25, 0.3) is 11.8 Å². The van der Waals surface area contributed by atoms with Gasteiger partial charge in [0.2, 0.25) is 0 Å². The van der Waals surface area contributed by atoms with Gasteiger partial charge in [0.15, 0.2) is 5.69 Å². The first kappa shape index (κ1) is 20.1. The van der Waals surface area contributed by atoms with E-state index < -0.39 is 11.8 Å². The Bertz CT molecular complexity index is 1170. The van der Waals surface area contributed by atoms with Crippen LogP contribution in [0.3, 0.4) is 0 Å². The van der Waals surface area contributed by atoms with E-state index >= 15 is 0 Å². The molecular formula is C23H16N4O3. The van der Waals surface area contributed by atoms with Crippen molar-refractivity contribution < 1.29 is 14.3 Å². The van der Waals surface area contributed by atoms with Crippen LogP contribution in [0.2, 0.25) is 0 Å². The molecule has 3 rings (SSSR count). The van der Waals surface area contributed by atoms with E-state index in [1.54, 1.807) is 48.5 Å². The number of amides is 2. The van der Waals surface area contributed by atoms with Crippen LogP contribution in [0.1, 0.15) is 26.3 Å². The zero-order valence-electron chi connectivity index (χ0n) is 16.0. The molecule has 0 aliphatic rings. The second-order valence-electron chi connectivity index (χ2n) is 6.05. The molecule has 2 N–H and O–H groups in total. The molecule has 0 bridgehead atoms. The molecular weight excluding hydrogens is 380 g/mol. The minimum Gasteiger partial charge on any atom is -0.497 e. The van der Waals surface area contributed by atoms with Crippen molar-refractivity contribution in [2.45, 2.75) is 0 Å². The van der Waals surface area contributed by atoms with E-state index in [0.717, 1.165) is 0 Å². The summed E-state index contributed by atoms with van der Waals surface area (Å²) in [5, 5.41) is 5.39. The fourth-order valence-corrected chi connectivity index (χ4v) is 2.57. The Morgan fingerprint density at radius 2 is 1.83 bits per heavy atom. The number of rotatable bonds is 5. The van der Waals surface area contributed by atoms with E-state index in [1.165, 1.54) is 19.4 Å². The van der Waals surface area contributed by atoms with Gasteiger partial charge in [-0.3, -0.25) is 9.59 Å². The molecule has 146 valence electrons. The number of aromatic nitrogens is 1.